The van der Waals surface area contributed by atoms with Gasteiger partial charge < -0.3 is 10.2 Å². The first-order valence-corrected chi connectivity index (χ1v) is 9.95. The Morgan fingerprint density at radius 2 is 1.90 bits per heavy atom. The van der Waals surface area contributed by atoms with Crippen molar-refractivity contribution >= 4 is 40.2 Å². The predicted molar refractivity (Wildman–Crippen MR) is 112 cm³/mol. The second kappa shape index (κ2) is 7.84. The summed E-state index contributed by atoms with van der Waals surface area (Å²) < 4.78 is 0. The van der Waals surface area contributed by atoms with E-state index >= 15 is 0 Å². The number of benzene rings is 2. The first kappa shape index (κ1) is 18.8. The summed E-state index contributed by atoms with van der Waals surface area (Å²) in [5.74, 6) is -0.356. The number of nitrogens with zero attached hydrogens (tertiary/aromatic N) is 2. The van der Waals surface area contributed by atoms with Crippen molar-refractivity contribution in [2.75, 3.05) is 16.8 Å². The normalized spacial score (nSPS) is 12.9. The number of aryl methyl sites for hydroxylation is 1. The maximum absolute atomic E-state index is 12.8. The fraction of sp³-hybridized carbons (Fsp3) is 0.143. The number of carbonyl (C=O) groups excluding carboxylic acids is 2. The second-order valence-corrected chi connectivity index (χ2v) is 7.59. The standard InChI is InChI=1S/C21H17N3O4S/c25-20(14-5-8-17(9-6-14)24(27)28)22-16-7-10-18-15(13-16)3-1-11-23(18)21(26)19-4-2-12-29-19/h2,4-10,12-13H,1,3,11H2,(H,22,25). The average molecular weight is 407 g/mol. The zero-order valence-corrected chi connectivity index (χ0v) is 16.1. The highest BCUT2D eigenvalue weighted by Gasteiger charge is 2.24. The average Bonchev–Trinajstić information content (AvgIpc) is 3.27. The molecule has 2 amide bonds. The van der Waals surface area contributed by atoms with Gasteiger partial charge in [-0.2, -0.15) is 0 Å². The van der Waals surface area contributed by atoms with Crippen molar-refractivity contribution in [1.29, 1.82) is 0 Å². The van der Waals surface area contributed by atoms with Gasteiger partial charge in [0.05, 0.1) is 9.80 Å². The molecule has 0 radical (unpaired) electrons. The van der Waals surface area contributed by atoms with Crippen LogP contribution in [0.15, 0.2) is 60.0 Å². The summed E-state index contributed by atoms with van der Waals surface area (Å²) in [5.41, 5.74) is 2.76. The summed E-state index contributed by atoms with van der Waals surface area (Å²) >= 11 is 1.42. The highest BCUT2D eigenvalue weighted by molar-refractivity contribution is 7.12. The van der Waals surface area contributed by atoms with E-state index in [1.807, 2.05) is 29.6 Å². The van der Waals surface area contributed by atoms with E-state index in [9.17, 15) is 19.7 Å². The summed E-state index contributed by atoms with van der Waals surface area (Å²) in [4.78, 5) is 37.9. The summed E-state index contributed by atoms with van der Waals surface area (Å²) in [7, 11) is 0. The van der Waals surface area contributed by atoms with Gasteiger partial charge in [-0.15, -0.1) is 11.3 Å². The fourth-order valence-corrected chi connectivity index (χ4v) is 4.03. The van der Waals surface area contributed by atoms with Gasteiger partial charge in [0.1, 0.15) is 0 Å². The molecular weight excluding hydrogens is 390 g/mol. The Hall–Kier alpha value is -3.52. The number of hydrogen-bond acceptors (Lipinski definition) is 5. The number of nitro benzene ring substituents is 1. The van der Waals surface area contributed by atoms with Crippen LogP contribution in [0.4, 0.5) is 17.1 Å². The van der Waals surface area contributed by atoms with Crippen molar-refractivity contribution in [3.63, 3.8) is 0 Å². The lowest BCUT2D eigenvalue weighted by Crippen LogP contribution is -2.35. The van der Waals surface area contributed by atoms with Crippen LogP contribution in [0, 0.1) is 10.1 Å². The van der Waals surface area contributed by atoms with E-state index in [0.717, 1.165) is 24.1 Å². The Labute approximate surface area is 170 Å². The Morgan fingerprint density at radius 1 is 1.10 bits per heavy atom. The zero-order chi connectivity index (χ0) is 20.4. The van der Waals surface area contributed by atoms with Crippen molar-refractivity contribution in [2.45, 2.75) is 12.8 Å². The first-order chi connectivity index (χ1) is 14.0. The molecule has 1 aliphatic rings. The van der Waals surface area contributed by atoms with E-state index < -0.39 is 4.92 Å². The van der Waals surface area contributed by atoms with Crippen LogP contribution in [-0.4, -0.2) is 23.3 Å². The molecule has 7 nitrogen and oxygen atoms in total. The van der Waals surface area contributed by atoms with E-state index in [2.05, 4.69) is 5.32 Å². The number of nitro groups is 1. The molecule has 3 aromatic rings. The van der Waals surface area contributed by atoms with Crippen LogP contribution in [0.1, 0.15) is 32.0 Å². The van der Waals surface area contributed by atoms with E-state index in [-0.39, 0.29) is 17.5 Å². The number of non-ortho nitro benzene ring substituents is 1. The molecule has 2 aromatic carbocycles. The largest absolute Gasteiger partial charge is 0.322 e. The van der Waals surface area contributed by atoms with Crippen LogP contribution in [0.25, 0.3) is 0 Å². The number of rotatable bonds is 4. The van der Waals surface area contributed by atoms with Crippen molar-refractivity contribution < 1.29 is 14.5 Å². The van der Waals surface area contributed by atoms with Crippen LogP contribution in [0.2, 0.25) is 0 Å². The lowest BCUT2D eigenvalue weighted by molar-refractivity contribution is -0.384. The first-order valence-electron chi connectivity index (χ1n) is 9.07. The van der Waals surface area contributed by atoms with Crippen LogP contribution < -0.4 is 10.2 Å². The van der Waals surface area contributed by atoms with Gasteiger partial charge in [-0.25, -0.2) is 0 Å². The third kappa shape index (κ3) is 3.88. The predicted octanol–water partition coefficient (Wildman–Crippen LogP) is 4.50. The van der Waals surface area contributed by atoms with E-state index in [0.29, 0.717) is 22.7 Å². The van der Waals surface area contributed by atoms with Crippen molar-refractivity contribution in [2.24, 2.45) is 0 Å². The molecule has 8 heteroatoms. The number of fused-ring (bicyclic) bond motifs is 1. The summed E-state index contributed by atoms with van der Waals surface area (Å²) in [6, 6.07) is 14.6. The molecule has 4 rings (SSSR count). The Morgan fingerprint density at radius 3 is 2.59 bits per heavy atom. The molecule has 29 heavy (non-hydrogen) atoms. The van der Waals surface area contributed by atoms with E-state index in [1.54, 1.807) is 11.0 Å². The SMILES string of the molecule is O=C(Nc1ccc2c(c1)CCCN2C(=O)c1cccs1)c1ccc([N+](=O)[O-])cc1. The topological polar surface area (TPSA) is 92.6 Å². The molecule has 2 heterocycles. The minimum absolute atomic E-state index is 0.0105. The molecule has 1 N–H and O–H groups in total. The van der Waals surface area contributed by atoms with Crippen molar-refractivity contribution in [1.82, 2.24) is 0 Å². The molecule has 0 saturated heterocycles. The highest BCUT2D eigenvalue weighted by Crippen LogP contribution is 2.31. The van der Waals surface area contributed by atoms with Crippen molar-refractivity contribution in [3.05, 3.63) is 86.1 Å². The number of anilines is 2. The molecular formula is C21H17N3O4S. The van der Waals surface area contributed by atoms with E-state index in [1.165, 1.54) is 35.6 Å². The second-order valence-electron chi connectivity index (χ2n) is 6.64. The molecule has 0 unspecified atom stereocenters. The lowest BCUT2D eigenvalue weighted by atomic mass is 10.0. The molecule has 0 fully saturated rings. The minimum Gasteiger partial charge on any atom is -0.322 e. The molecule has 146 valence electrons. The molecule has 1 aliphatic heterocycles. The number of hydrogen-bond donors (Lipinski definition) is 1. The lowest BCUT2D eigenvalue weighted by Gasteiger charge is -2.29. The third-order valence-electron chi connectivity index (χ3n) is 4.77. The zero-order valence-electron chi connectivity index (χ0n) is 15.3. The number of carbonyl (C=O) groups is 2. The maximum atomic E-state index is 12.8. The van der Waals surface area contributed by atoms with Crippen LogP contribution in [0.5, 0.6) is 0 Å². The Kier molecular flexibility index (Phi) is 5.09. The van der Waals surface area contributed by atoms with Gasteiger partial charge in [-0.1, -0.05) is 6.07 Å². The van der Waals surface area contributed by atoms with Gasteiger partial charge in [0.25, 0.3) is 17.5 Å². The van der Waals surface area contributed by atoms with Gasteiger partial charge in [-0.05, 0) is 60.2 Å². The minimum atomic E-state index is -0.506. The van der Waals surface area contributed by atoms with Crippen LogP contribution >= 0.6 is 11.3 Å². The summed E-state index contributed by atoms with van der Waals surface area (Å²) in [6.45, 7) is 0.665. The quantitative estimate of drug-likeness (QED) is 0.509. The molecule has 0 atom stereocenters. The molecule has 0 spiro atoms. The number of nitrogens with one attached hydrogen (secondary N) is 1. The Balaban J connectivity index is 1.52. The van der Waals surface area contributed by atoms with Crippen LogP contribution in [0.3, 0.4) is 0 Å². The monoisotopic (exact) mass is 407 g/mol. The molecule has 0 aliphatic carbocycles. The number of amides is 2. The highest BCUT2D eigenvalue weighted by atomic mass is 32.1. The van der Waals surface area contributed by atoms with Gasteiger partial charge in [-0.3, -0.25) is 19.7 Å². The van der Waals surface area contributed by atoms with Gasteiger partial charge in [0, 0.05) is 35.6 Å². The molecule has 0 bridgehead atoms. The van der Waals surface area contributed by atoms with Crippen molar-refractivity contribution in [3.8, 4) is 0 Å². The molecule has 0 saturated carbocycles. The fourth-order valence-electron chi connectivity index (χ4n) is 3.36. The van der Waals surface area contributed by atoms with Gasteiger partial charge in [0.15, 0.2) is 0 Å². The summed E-state index contributed by atoms with van der Waals surface area (Å²) in [5, 5.41) is 15.4. The smallest absolute Gasteiger partial charge is 0.269 e. The van der Waals surface area contributed by atoms with Gasteiger partial charge in [0.2, 0.25) is 0 Å². The van der Waals surface area contributed by atoms with Gasteiger partial charge >= 0.3 is 0 Å². The Bertz CT molecular complexity index is 1080. The maximum Gasteiger partial charge on any atom is 0.269 e. The summed E-state index contributed by atoms with van der Waals surface area (Å²) in [6.07, 6.45) is 1.68. The third-order valence-corrected chi connectivity index (χ3v) is 5.63. The number of thiophene rings is 1. The molecule has 1 aromatic heterocycles. The van der Waals surface area contributed by atoms with Crippen LogP contribution in [-0.2, 0) is 6.42 Å². The van der Waals surface area contributed by atoms with E-state index in [4.69, 9.17) is 0 Å².